The highest BCUT2D eigenvalue weighted by atomic mass is 35.5. The Morgan fingerprint density at radius 3 is 2.58 bits per heavy atom. The third-order valence-electron chi connectivity index (χ3n) is 3.31. The van der Waals surface area contributed by atoms with Crippen molar-refractivity contribution in [1.82, 2.24) is 0 Å². The summed E-state index contributed by atoms with van der Waals surface area (Å²) in [5.74, 6) is -0.342. The van der Waals surface area contributed by atoms with Crippen LogP contribution in [0.3, 0.4) is 0 Å². The van der Waals surface area contributed by atoms with Crippen molar-refractivity contribution in [3.63, 3.8) is 0 Å². The van der Waals surface area contributed by atoms with Gasteiger partial charge in [-0.15, -0.1) is 0 Å². The van der Waals surface area contributed by atoms with Gasteiger partial charge >= 0.3 is 0 Å². The van der Waals surface area contributed by atoms with Crippen LogP contribution in [0.25, 0.3) is 0 Å². The first-order valence-electron chi connectivity index (χ1n) is 6.24. The van der Waals surface area contributed by atoms with Gasteiger partial charge in [0.25, 0.3) is 0 Å². The van der Waals surface area contributed by atoms with E-state index in [1.54, 1.807) is 12.1 Å². The van der Waals surface area contributed by atoms with Gasteiger partial charge < -0.3 is 5.73 Å². The van der Waals surface area contributed by atoms with E-state index >= 15 is 0 Å². The summed E-state index contributed by atoms with van der Waals surface area (Å²) in [7, 11) is 0. The van der Waals surface area contributed by atoms with Crippen molar-refractivity contribution in [1.29, 1.82) is 0 Å². The summed E-state index contributed by atoms with van der Waals surface area (Å²) in [5, 5.41) is 0.389. The molecule has 0 aliphatic carbocycles. The monoisotopic (exact) mass is 277 g/mol. The fraction of sp³-hybridized carbons (Fsp3) is 0.250. The highest BCUT2D eigenvalue weighted by molar-refractivity contribution is 6.30. The van der Waals surface area contributed by atoms with Crippen LogP contribution in [0.4, 0.5) is 4.39 Å². The van der Waals surface area contributed by atoms with E-state index in [2.05, 4.69) is 18.2 Å². The second kappa shape index (κ2) is 5.72. The van der Waals surface area contributed by atoms with Crippen molar-refractivity contribution < 1.29 is 4.39 Å². The van der Waals surface area contributed by atoms with Crippen LogP contribution < -0.4 is 5.73 Å². The van der Waals surface area contributed by atoms with E-state index in [0.29, 0.717) is 17.0 Å². The predicted octanol–water partition coefficient (Wildman–Crippen LogP) is 4.34. The zero-order chi connectivity index (χ0) is 14.0. The van der Waals surface area contributed by atoms with Crippen LogP contribution in [0.15, 0.2) is 36.4 Å². The zero-order valence-electron chi connectivity index (χ0n) is 11.1. The van der Waals surface area contributed by atoms with Gasteiger partial charge in [-0.2, -0.15) is 0 Å². The number of nitrogens with two attached hydrogens (primary N) is 1. The Hall–Kier alpha value is -1.38. The normalized spacial score (nSPS) is 12.5. The molecule has 0 saturated heterocycles. The lowest BCUT2D eigenvalue weighted by Crippen LogP contribution is -2.15. The molecule has 0 heterocycles. The maximum absolute atomic E-state index is 13.8. The van der Waals surface area contributed by atoms with Gasteiger partial charge in [0.2, 0.25) is 0 Å². The molecule has 0 spiro atoms. The molecule has 0 amide bonds. The summed E-state index contributed by atoms with van der Waals surface area (Å²) < 4.78 is 13.8. The molecular weight excluding hydrogens is 261 g/mol. The molecule has 2 aromatic carbocycles. The van der Waals surface area contributed by atoms with Crippen LogP contribution in [0.1, 0.15) is 28.3 Å². The molecule has 0 bridgehead atoms. The largest absolute Gasteiger partial charge is 0.324 e. The van der Waals surface area contributed by atoms with Crippen LogP contribution in [-0.2, 0) is 6.42 Å². The topological polar surface area (TPSA) is 26.0 Å². The van der Waals surface area contributed by atoms with Crippen molar-refractivity contribution in [3.8, 4) is 0 Å². The molecule has 100 valence electrons. The first kappa shape index (κ1) is 14.0. The number of benzene rings is 2. The summed E-state index contributed by atoms with van der Waals surface area (Å²) in [6.07, 6.45) is 0.617. The first-order valence-corrected chi connectivity index (χ1v) is 6.62. The van der Waals surface area contributed by atoms with E-state index in [0.717, 1.165) is 5.56 Å². The Morgan fingerprint density at radius 2 is 1.89 bits per heavy atom. The van der Waals surface area contributed by atoms with E-state index in [-0.39, 0.29) is 11.9 Å². The third-order valence-corrected chi connectivity index (χ3v) is 3.54. The standard InChI is InChI=1S/C16H17ClFN/c1-10-3-4-11(2)12(7-10)8-16(19)14-6-5-13(17)9-15(14)18/h3-7,9,16H,8,19H2,1-2H3. The second-order valence-electron chi connectivity index (χ2n) is 4.91. The van der Waals surface area contributed by atoms with Crippen molar-refractivity contribution in [2.24, 2.45) is 5.73 Å². The summed E-state index contributed by atoms with van der Waals surface area (Å²) in [6.45, 7) is 4.08. The van der Waals surface area contributed by atoms with Crippen LogP contribution in [0.5, 0.6) is 0 Å². The number of halogens is 2. The van der Waals surface area contributed by atoms with Crippen LogP contribution in [0, 0.1) is 19.7 Å². The van der Waals surface area contributed by atoms with Crippen LogP contribution in [0.2, 0.25) is 5.02 Å². The molecule has 2 N–H and O–H groups in total. The Labute approximate surface area is 118 Å². The Bertz CT molecular complexity index is 595. The van der Waals surface area contributed by atoms with Gasteiger partial charge in [0, 0.05) is 16.6 Å². The average molecular weight is 278 g/mol. The minimum atomic E-state index is -0.363. The minimum absolute atomic E-state index is 0.342. The molecule has 0 aliphatic rings. The van der Waals surface area contributed by atoms with Crippen molar-refractivity contribution >= 4 is 11.6 Å². The SMILES string of the molecule is Cc1ccc(C)c(CC(N)c2ccc(Cl)cc2F)c1. The summed E-state index contributed by atoms with van der Waals surface area (Å²) in [4.78, 5) is 0. The highest BCUT2D eigenvalue weighted by Gasteiger charge is 2.13. The zero-order valence-corrected chi connectivity index (χ0v) is 11.8. The number of rotatable bonds is 3. The lowest BCUT2D eigenvalue weighted by atomic mass is 9.95. The maximum atomic E-state index is 13.8. The van der Waals surface area contributed by atoms with Crippen LogP contribution >= 0.6 is 11.6 Å². The van der Waals surface area contributed by atoms with E-state index < -0.39 is 0 Å². The van der Waals surface area contributed by atoms with E-state index in [9.17, 15) is 4.39 Å². The van der Waals surface area contributed by atoms with Gasteiger partial charge in [-0.25, -0.2) is 4.39 Å². The van der Waals surface area contributed by atoms with E-state index in [1.165, 1.54) is 17.2 Å². The fourth-order valence-electron chi connectivity index (χ4n) is 2.17. The molecule has 0 radical (unpaired) electrons. The lowest BCUT2D eigenvalue weighted by molar-refractivity contribution is 0.580. The molecule has 0 fully saturated rings. The fourth-order valence-corrected chi connectivity index (χ4v) is 2.33. The van der Waals surface area contributed by atoms with Gasteiger partial charge in [-0.05, 0) is 43.5 Å². The van der Waals surface area contributed by atoms with Crippen molar-refractivity contribution in [2.45, 2.75) is 26.3 Å². The Morgan fingerprint density at radius 1 is 1.16 bits per heavy atom. The van der Waals surface area contributed by atoms with Crippen molar-refractivity contribution in [2.75, 3.05) is 0 Å². The lowest BCUT2D eigenvalue weighted by Gasteiger charge is -2.15. The number of hydrogen-bond donors (Lipinski definition) is 1. The van der Waals surface area contributed by atoms with Gasteiger partial charge in [0.05, 0.1) is 0 Å². The van der Waals surface area contributed by atoms with Gasteiger partial charge in [0.15, 0.2) is 0 Å². The molecule has 0 aliphatic heterocycles. The van der Waals surface area contributed by atoms with Gasteiger partial charge in [-0.1, -0.05) is 41.4 Å². The molecule has 1 atom stereocenters. The average Bonchev–Trinajstić information content (AvgIpc) is 2.33. The summed E-state index contributed by atoms with van der Waals surface area (Å²) >= 11 is 5.75. The smallest absolute Gasteiger partial charge is 0.129 e. The van der Waals surface area contributed by atoms with Gasteiger partial charge in [0.1, 0.15) is 5.82 Å². The molecule has 2 aromatic rings. The van der Waals surface area contributed by atoms with E-state index in [4.69, 9.17) is 17.3 Å². The Balaban J connectivity index is 2.25. The molecule has 0 saturated carbocycles. The maximum Gasteiger partial charge on any atom is 0.129 e. The van der Waals surface area contributed by atoms with Crippen molar-refractivity contribution in [3.05, 3.63) is 69.5 Å². The molecule has 19 heavy (non-hydrogen) atoms. The molecule has 0 aromatic heterocycles. The molecule has 2 rings (SSSR count). The molecular formula is C16H17ClFN. The molecule has 3 heteroatoms. The quantitative estimate of drug-likeness (QED) is 0.887. The Kier molecular flexibility index (Phi) is 4.23. The van der Waals surface area contributed by atoms with Crippen LogP contribution in [-0.4, -0.2) is 0 Å². The number of aryl methyl sites for hydroxylation is 2. The molecule has 1 nitrogen and oxygen atoms in total. The summed E-state index contributed by atoms with van der Waals surface area (Å²) in [5.41, 5.74) is 10.1. The third kappa shape index (κ3) is 3.34. The molecule has 1 unspecified atom stereocenters. The number of hydrogen-bond acceptors (Lipinski definition) is 1. The second-order valence-corrected chi connectivity index (χ2v) is 5.34. The first-order chi connectivity index (χ1) is 8.97. The van der Waals surface area contributed by atoms with E-state index in [1.807, 2.05) is 13.8 Å². The highest BCUT2D eigenvalue weighted by Crippen LogP contribution is 2.23. The summed E-state index contributed by atoms with van der Waals surface area (Å²) in [6, 6.07) is 10.5. The minimum Gasteiger partial charge on any atom is -0.324 e. The predicted molar refractivity (Wildman–Crippen MR) is 78.0 cm³/mol. The van der Waals surface area contributed by atoms with Gasteiger partial charge in [-0.3, -0.25) is 0 Å².